The van der Waals surface area contributed by atoms with E-state index in [1.54, 1.807) is 20.3 Å². The first kappa shape index (κ1) is 23.4. The molecule has 0 amide bonds. The smallest absolute Gasteiger partial charge is 0.344 e. The Hall–Kier alpha value is -3.03. The summed E-state index contributed by atoms with van der Waals surface area (Å²) in [5.74, 6) is 2.71. The van der Waals surface area contributed by atoms with Gasteiger partial charge in [-0.15, -0.1) is 0 Å². The number of piperidine rings is 2. The molecule has 3 aromatic rings. The number of fused-ring (bicyclic) bond motifs is 4. The van der Waals surface area contributed by atoms with Crippen LogP contribution in [0.25, 0.3) is 22.1 Å². The van der Waals surface area contributed by atoms with Crippen molar-refractivity contribution < 1.29 is 18.6 Å². The highest BCUT2D eigenvalue weighted by Crippen LogP contribution is 2.37. The van der Waals surface area contributed by atoms with E-state index in [-0.39, 0.29) is 5.63 Å². The van der Waals surface area contributed by atoms with E-state index < -0.39 is 0 Å². The van der Waals surface area contributed by atoms with Crippen LogP contribution in [0.2, 0.25) is 0 Å². The van der Waals surface area contributed by atoms with Crippen LogP contribution in [0.3, 0.4) is 0 Å². The van der Waals surface area contributed by atoms with E-state index in [0.717, 1.165) is 29.8 Å². The summed E-state index contributed by atoms with van der Waals surface area (Å²) in [6.45, 7) is 4.81. The van der Waals surface area contributed by atoms with Gasteiger partial charge in [0.1, 0.15) is 29.6 Å². The van der Waals surface area contributed by atoms with Crippen molar-refractivity contribution >= 4 is 11.0 Å². The molecule has 0 unspecified atom stereocenters. The van der Waals surface area contributed by atoms with Gasteiger partial charge in [-0.1, -0.05) is 6.42 Å². The van der Waals surface area contributed by atoms with Gasteiger partial charge in [0.05, 0.1) is 25.3 Å². The van der Waals surface area contributed by atoms with Gasteiger partial charge in [-0.05, 0) is 75.0 Å². The number of hydrogen-bond donors (Lipinski definition) is 0. The summed E-state index contributed by atoms with van der Waals surface area (Å²) in [6, 6.07) is 12.0. The van der Waals surface area contributed by atoms with Gasteiger partial charge in [0.25, 0.3) is 0 Å². The Kier molecular flexibility index (Phi) is 6.36. The average Bonchev–Trinajstić information content (AvgIpc) is 2.92. The van der Waals surface area contributed by atoms with Crippen LogP contribution in [0.1, 0.15) is 37.7 Å². The molecular formula is C29H34N2O5. The molecule has 7 heteroatoms. The van der Waals surface area contributed by atoms with Crippen molar-refractivity contribution in [2.45, 2.75) is 44.7 Å². The molecule has 190 valence electrons. The minimum atomic E-state index is -0.387. The molecular weight excluding hydrogens is 456 g/mol. The van der Waals surface area contributed by atoms with Crippen LogP contribution < -0.4 is 19.8 Å². The van der Waals surface area contributed by atoms with E-state index in [1.165, 1.54) is 45.2 Å². The molecule has 0 aliphatic carbocycles. The molecule has 0 saturated carbocycles. The molecule has 0 N–H and O–H groups in total. The van der Waals surface area contributed by atoms with E-state index in [0.29, 0.717) is 46.9 Å². The molecule has 7 nitrogen and oxygen atoms in total. The molecule has 4 heterocycles. The fraction of sp³-hybridized carbons (Fsp3) is 0.483. The zero-order valence-electron chi connectivity index (χ0n) is 21.1. The van der Waals surface area contributed by atoms with Crippen molar-refractivity contribution in [2.75, 3.05) is 40.6 Å². The fourth-order valence-electron chi connectivity index (χ4n) is 6.39. The molecule has 0 spiro atoms. The highest BCUT2D eigenvalue weighted by molar-refractivity contribution is 5.87. The highest BCUT2D eigenvalue weighted by atomic mass is 16.5. The summed E-state index contributed by atoms with van der Waals surface area (Å²) < 4.78 is 23.0. The molecule has 0 bridgehead atoms. The molecule has 3 aliphatic rings. The van der Waals surface area contributed by atoms with Crippen LogP contribution in [-0.4, -0.2) is 56.4 Å². The monoisotopic (exact) mass is 490 g/mol. The van der Waals surface area contributed by atoms with Crippen molar-refractivity contribution in [2.24, 2.45) is 5.92 Å². The number of nitrogens with zero attached hydrogens (tertiary/aromatic N) is 2. The predicted molar refractivity (Wildman–Crippen MR) is 139 cm³/mol. The summed E-state index contributed by atoms with van der Waals surface area (Å²) in [5.41, 5.74) is 2.33. The Labute approximate surface area is 211 Å². The summed E-state index contributed by atoms with van der Waals surface area (Å²) in [6.07, 6.45) is 6.54. The topological polar surface area (TPSA) is 64.4 Å². The molecule has 2 saturated heterocycles. The van der Waals surface area contributed by atoms with E-state index in [1.807, 2.05) is 30.3 Å². The van der Waals surface area contributed by atoms with Crippen LogP contribution >= 0.6 is 0 Å². The number of rotatable bonds is 5. The van der Waals surface area contributed by atoms with Crippen LogP contribution in [0.5, 0.6) is 17.2 Å². The Morgan fingerprint density at radius 2 is 1.86 bits per heavy atom. The summed E-state index contributed by atoms with van der Waals surface area (Å²) in [5, 5.41) is 0.878. The van der Waals surface area contributed by atoms with Crippen LogP contribution in [0.4, 0.5) is 0 Å². The van der Waals surface area contributed by atoms with Crippen molar-refractivity contribution in [3.05, 3.63) is 52.4 Å². The SMILES string of the molecule is COc1ccc(-c2cc3ccc4c(c3oc2=O)CN(C[C@H]2CCCN3CCCC[C@H]23)CO4)c(OC)c1. The number of methoxy groups -OCH3 is 2. The Balaban J connectivity index is 1.30. The molecule has 6 rings (SSSR count). The lowest BCUT2D eigenvalue weighted by molar-refractivity contribution is 0.0146. The normalized spacial score (nSPS) is 22.5. The lowest BCUT2D eigenvalue weighted by Crippen LogP contribution is -2.51. The van der Waals surface area contributed by atoms with Gasteiger partial charge in [-0.3, -0.25) is 4.90 Å². The van der Waals surface area contributed by atoms with E-state index in [9.17, 15) is 4.79 Å². The molecule has 0 radical (unpaired) electrons. The van der Waals surface area contributed by atoms with Crippen LogP contribution in [0.15, 0.2) is 45.6 Å². The van der Waals surface area contributed by atoms with Gasteiger partial charge < -0.3 is 23.5 Å². The third-order valence-corrected chi connectivity index (χ3v) is 8.17. The molecule has 36 heavy (non-hydrogen) atoms. The zero-order chi connectivity index (χ0) is 24.6. The zero-order valence-corrected chi connectivity index (χ0v) is 21.1. The second-order valence-electron chi connectivity index (χ2n) is 10.3. The minimum absolute atomic E-state index is 0.387. The number of benzene rings is 2. The molecule has 2 fully saturated rings. The lowest BCUT2D eigenvalue weighted by Gasteiger charge is -2.46. The van der Waals surface area contributed by atoms with Gasteiger partial charge in [-0.25, -0.2) is 4.79 Å². The summed E-state index contributed by atoms with van der Waals surface area (Å²) in [7, 11) is 3.19. The Morgan fingerprint density at radius 1 is 0.972 bits per heavy atom. The average molecular weight is 491 g/mol. The predicted octanol–water partition coefficient (Wildman–Crippen LogP) is 4.89. The maximum atomic E-state index is 13.2. The maximum Gasteiger partial charge on any atom is 0.344 e. The molecule has 3 aliphatic heterocycles. The van der Waals surface area contributed by atoms with E-state index >= 15 is 0 Å². The Bertz CT molecular complexity index is 1320. The number of ether oxygens (including phenoxy) is 3. The minimum Gasteiger partial charge on any atom is -0.497 e. The standard InChI is InChI=1S/C29H34N2O5/c1-33-21-9-10-22(27(15-21)34-2)23-14-19-8-11-26-24(28(19)36-29(23)32)17-30(18-35-26)16-20-6-5-13-31-12-4-3-7-25(20)31/h8-11,14-15,20,25H,3-7,12-13,16-18H2,1-2H3/t20-,25-/m1/s1. The van der Waals surface area contributed by atoms with Crippen molar-refractivity contribution in [3.63, 3.8) is 0 Å². The van der Waals surface area contributed by atoms with Gasteiger partial charge >= 0.3 is 5.63 Å². The largest absolute Gasteiger partial charge is 0.497 e. The summed E-state index contributed by atoms with van der Waals surface area (Å²) in [4.78, 5) is 18.3. The highest BCUT2D eigenvalue weighted by Gasteiger charge is 2.35. The molecule has 2 aromatic carbocycles. The first-order valence-electron chi connectivity index (χ1n) is 13.1. The van der Waals surface area contributed by atoms with E-state index in [4.69, 9.17) is 18.6 Å². The quantitative estimate of drug-likeness (QED) is 0.472. The lowest BCUT2D eigenvalue weighted by atomic mass is 9.83. The second-order valence-corrected chi connectivity index (χ2v) is 10.3. The maximum absolute atomic E-state index is 13.2. The first-order chi connectivity index (χ1) is 17.6. The van der Waals surface area contributed by atoms with Crippen LogP contribution in [0, 0.1) is 5.92 Å². The van der Waals surface area contributed by atoms with Gasteiger partial charge in [0.15, 0.2) is 0 Å². The van der Waals surface area contributed by atoms with Gasteiger partial charge in [-0.2, -0.15) is 0 Å². The second kappa shape index (κ2) is 9.79. The van der Waals surface area contributed by atoms with Gasteiger partial charge in [0.2, 0.25) is 0 Å². The third kappa shape index (κ3) is 4.24. The molecule has 1 aromatic heterocycles. The third-order valence-electron chi connectivity index (χ3n) is 8.17. The summed E-state index contributed by atoms with van der Waals surface area (Å²) >= 11 is 0. The van der Waals surface area contributed by atoms with Gasteiger partial charge in [0, 0.05) is 36.1 Å². The van der Waals surface area contributed by atoms with Crippen molar-refractivity contribution in [1.29, 1.82) is 0 Å². The fourth-order valence-corrected chi connectivity index (χ4v) is 6.39. The van der Waals surface area contributed by atoms with Crippen LogP contribution in [-0.2, 0) is 6.54 Å². The van der Waals surface area contributed by atoms with E-state index in [2.05, 4.69) is 9.80 Å². The molecule has 2 atom stereocenters. The Morgan fingerprint density at radius 3 is 2.72 bits per heavy atom. The van der Waals surface area contributed by atoms with Crippen molar-refractivity contribution in [1.82, 2.24) is 9.80 Å². The number of hydrogen-bond acceptors (Lipinski definition) is 7. The van der Waals surface area contributed by atoms with Crippen molar-refractivity contribution in [3.8, 4) is 28.4 Å². The first-order valence-corrected chi connectivity index (χ1v) is 13.1.